The molecule has 3 nitrogen and oxygen atoms in total. The van der Waals surface area contributed by atoms with Gasteiger partial charge in [-0.15, -0.1) is 0 Å². The van der Waals surface area contributed by atoms with Crippen LogP contribution in [0.15, 0.2) is 16.6 Å². The quantitative estimate of drug-likeness (QED) is 0.874. The zero-order valence-electron chi connectivity index (χ0n) is 8.25. The fraction of sp³-hybridized carbons (Fsp3) is 0.400. The normalized spacial score (nSPS) is 12.6. The fourth-order valence-corrected chi connectivity index (χ4v) is 1.81. The van der Waals surface area contributed by atoms with Gasteiger partial charge in [0.1, 0.15) is 0 Å². The molecule has 14 heavy (non-hydrogen) atoms. The van der Waals surface area contributed by atoms with Crippen LogP contribution in [0, 0.1) is 0 Å². The molecule has 0 saturated carbocycles. The molecule has 0 radical (unpaired) electrons. The first-order valence-corrected chi connectivity index (χ1v) is 5.15. The van der Waals surface area contributed by atoms with Gasteiger partial charge in [-0.05, 0) is 25.5 Å². The number of hydrogen-bond donors (Lipinski definition) is 2. The Labute approximate surface area is 92.0 Å². The highest BCUT2D eigenvalue weighted by Crippen LogP contribution is 2.35. The Balaban J connectivity index is 3.16. The molecule has 1 aromatic rings. The third-order valence-electron chi connectivity index (χ3n) is 1.91. The second-order valence-corrected chi connectivity index (χ2v) is 4.11. The minimum absolute atomic E-state index is 0.0296. The van der Waals surface area contributed by atoms with Gasteiger partial charge in [-0.3, -0.25) is 0 Å². The Morgan fingerprint density at radius 2 is 2.21 bits per heavy atom. The lowest BCUT2D eigenvalue weighted by atomic mass is 10.1. The lowest BCUT2D eigenvalue weighted by Gasteiger charge is -2.13. The Morgan fingerprint density at radius 1 is 1.57 bits per heavy atom. The van der Waals surface area contributed by atoms with Crippen LogP contribution in [0.4, 0.5) is 0 Å². The van der Waals surface area contributed by atoms with Crippen LogP contribution in [0.3, 0.4) is 0 Å². The minimum Gasteiger partial charge on any atom is -0.504 e. The average Bonchev–Trinajstić information content (AvgIpc) is 2.11. The van der Waals surface area contributed by atoms with Gasteiger partial charge in [0.2, 0.25) is 0 Å². The van der Waals surface area contributed by atoms with Crippen LogP contribution < -0.4 is 10.5 Å². The summed E-state index contributed by atoms with van der Waals surface area (Å²) in [6.45, 7) is 1.91. The summed E-state index contributed by atoms with van der Waals surface area (Å²) >= 11 is 3.40. The summed E-state index contributed by atoms with van der Waals surface area (Å²) in [5.41, 5.74) is 6.61. The van der Waals surface area contributed by atoms with Gasteiger partial charge < -0.3 is 15.6 Å². The van der Waals surface area contributed by atoms with Crippen molar-refractivity contribution < 1.29 is 9.84 Å². The number of phenolic OH excluding ortho intramolecular Hbond substituents is 1. The van der Waals surface area contributed by atoms with E-state index in [-0.39, 0.29) is 11.8 Å². The van der Waals surface area contributed by atoms with Crippen LogP contribution >= 0.6 is 15.9 Å². The highest BCUT2D eigenvalue weighted by Gasteiger charge is 2.13. The lowest BCUT2D eigenvalue weighted by molar-refractivity contribution is 0.368. The van der Waals surface area contributed by atoms with Crippen molar-refractivity contribution in [3.05, 3.63) is 22.2 Å². The second kappa shape index (κ2) is 4.66. The molecule has 0 aliphatic heterocycles. The van der Waals surface area contributed by atoms with Crippen LogP contribution in [0.2, 0.25) is 0 Å². The average molecular weight is 260 g/mol. The third kappa shape index (κ3) is 2.39. The van der Waals surface area contributed by atoms with Crippen LogP contribution in [0.5, 0.6) is 11.5 Å². The molecule has 0 aliphatic carbocycles. The number of phenols is 1. The maximum Gasteiger partial charge on any atom is 0.164 e. The molecular weight excluding hydrogens is 246 g/mol. The first kappa shape index (κ1) is 11.3. The molecule has 0 aromatic heterocycles. The molecule has 4 heteroatoms. The van der Waals surface area contributed by atoms with Crippen molar-refractivity contribution in [2.75, 3.05) is 7.11 Å². The minimum atomic E-state index is 0.0296. The first-order chi connectivity index (χ1) is 6.56. The van der Waals surface area contributed by atoms with E-state index < -0.39 is 0 Å². The number of aromatic hydroxyl groups is 1. The Hall–Kier alpha value is -0.740. The van der Waals surface area contributed by atoms with Gasteiger partial charge in [-0.1, -0.05) is 15.9 Å². The molecule has 0 amide bonds. The first-order valence-electron chi connectivity index (χ1n) is 4.36. The zero-order chi connectivity index (χ0) is 10.7. The van der Waals surface area contributed by atoms with Crippen molar-refractivity contribution in [3.63, 3.8) is 0 Å². The molecule has 0 fully saturated rings. The predicted molar refractivity (Wildman–Crippen MR) is 59.7 cm³/mol. The molecule has 1 unspecified atom stereocenters. The Morgan fingerprint density at radius 3 is 2.71 bits per heavy atom. The van der Waals surface area contributed by atoms with Crippen molar-refractivity contribution in [2.24, 2.45) is 5.73 Å². The van der Waals surface area contributed by atoms with Crippen LogP contribution in [-0.4, -0.2) is 18.3 Å². The number of rotatable bonds is 3. The number of halogens is 1. The van der Waals surface area contributed by atoms with E-state index >= 15 is 0 Å². The molecule has 78 valence electrons. The molecule has 0 heterocycles. The largest absolute Gasteiger partial charge is 0.504 e. The summed E-state index contributed by atoms with van der Waals surface area (Å²) in [6, 6.07) is 3.41. The fourth-order valence-electron chi connectivity index (χ4n) is 1.33. The van der Waals surface area contributed by atoms with E-state index in [4.69, 9.17) is 10.5 Å². The van der Waals surface area contributed by atoms with Gasteiger partial charge in [0.05, 0.1) is 7.11 Å². The van der Waals surface area contributed by atoms with E-state index in [9.17, 15) is 5.11 Å². The number of methoxy groups -OCH3 is 1. The van der Waals surface area contributed by atoms with Crippen LogP contribution in [0.25, 0.3) is 0 Å². The Kier molecular flexibility index (Phi) is 3.77. The van der Waals surface area contributed by atoms with Gasteiger partial charge in [-0.25, -0.2) is 0 Å². The summed E-state index contributed by atoms with van der Waals surface area (Å²) in [5.74, 6) is 0.642. The van der Waals surface area contributed by atoms with Crippen molar-refractivity contribution in [2.45, 2.75) is 19.4 Å². The van der Waals surface area contributed by atoms with Crippen molar-refractivity contribution >= 4 is 15.9 Å². The van der Waals surface area contributed by atoms with Crippen molar-refractivity contribution in [3.8, 4) is 11.5 Å². The summed E-state index contributed by atoms with van der Waals surface area (Å²) < 4.78 is 6.03. The third-order valence-corrected chi connectivity index (χ3v) is 2.66. The molecule has 0 aliphatic rings. The van der Waals surface area contributed by atoms with E-state index in [1.54, 1.807) is 12.1 Å². The van der Waals surface area contributed by atoms with Crippen molar-refractivity contribution in [1.29, 1.82) is 0 Å². The van der Waals surface area contributed by atoms with Gasteiger partial charge >= 0.3 is 0 Å². The number of ether oxygens (including phenoxy) is 1. The number of nitrogens with two attached hydrogens (primary N) is 1. The smallest absolute Gasteiger partial charge is 0.164 e. The van der Waals surface area contributed by atoms with Gasteiger partial charge in [0.25, 0.3) is 0 Å². The molecular formula is C10H14BrNO2. The van der Waals surface area contributed by atoms with E-state index in [2.05, 4.69) is 15.9 Å². The maximum absolute atomic E-state index is 9.54. The van der Waals surface area contributed by atoms with Gasteiger partial charge in [0.15, 0.2) is 11.5 Å². The zero-order valence-corrected chi connectivity index (χ0v) is 9.84. The SMILES string of the molecule is COc1c(O)ccc(Br)c1CC(C)N. The molecule has 1 atom stereocenters. The molecule has 0 spiro atoms. The molecule has 0 bridgehead atoms. The summed E-state index contributed by atoms with van der Waals surface area (Å²) in [6.07, 6.45) is 0.665. The van der Waals surface area contributed by atoms with E-state index in [1.807, 2.05) is 6.92 Å². The maximum atomic E-state index is 9.54. The van der Waals surface area contributed by atoms with E-state index in [0.29, 0.717) is 12.2 Å². The standard InChI is InChI=1S/C10H14BrNO2/c1-6(12)5-7-8(11)3-4-9(13)10(7)14-2/h3-4,6,13H,5,12H2,1-2H3. The molecule has 3 N–H and O–H groups in total. The summed E-state index contributed by atoms with van der Waals surface area (Å²) in [5, 5.41) is 9.54. The number of hydrogen-bond acceptors (Lipinski definition) is 3. The second-order valence-electron chi connectivity index (χ2n) is 3.26. The highest BCUT2D eigenvalue weighted by molar-refractivity contribution is 9.10. The molecule has 0 saturated heterocycles. The highest BCUT2D eigenvalue weighted by atomic mass is 79.9. The van der Waals surface area contributed by atoms with Gasteiger partial charge in [0, 0.05) is 16.1 Å². The topological polar surface area (TPSA) is 55.5 Å². The Bertz CT molecular complexity index is 326. The monoisotopic (exact) mass is 259 g/mol. The molecule has 1 aromatic carbocycles. The van der Waals surface area contributed by atoms with E-state index in [1.165, 1.54) is 7.11 Å². The number of benzene rings is 1. The van der Waals surface area contributed by atoms with Crippen molar-refractivity contribution in [1.82, 2.24) is 0 Å². The van der Waals surface area contributed by atoms with E-state index in [0.717, 1.165) is 10.0 Å². The summed E-state index contributed by atoms with van der Waals surface area (Å²) in [4.78, 5) is 0. The molecule has 1 rings (SSSR count). The van der Waals surface area contributed by atoms with Gasteiger partial charge in [-0.2, -0.15) is 0 Å². The summed E-state index contributed by atoms with van der Waals surface area (Å²) in [7, 11) is 1.53. The lowest BCUT2D eigenvalue weighted by Crippen LogP contribution is -2.18. The predicted octanol–water partition coefficient (Wildman–Crippen LogP) is 2.05. The van der Waals surface area contributed by atoms with Crippen LogP contribution in [-0.2, 0) is 6.42 Å². The van der Waals surface area contributed by atoms with Crippen LogP contribution in [0.1, 0.15) is 12.5 Å².